The van der Waals surface area contributed by atoms with E-state index in [9.17, 15) is 9.59 Å². The summed E-state index contributed by atoms with van der Waals surface area (Å²) in [4.78, 5) is 28.3. The quantitative estimate of drug-likeness (QED) is 0.656. The van der Waals surface area contributed by atoms with Gasteiger partial charge in [0.05, 0.1) is 0 Å². The summed E-state index contributed by atoms with van der Waals surface area (Å²) in [7, 11) is 0. The minimum absolute atomic E-state index is 0.351. The van der Waals surface area contributed by atoms with Crippen LogP contribution in [0, 0.1) is 6.92 Å². The standard InChI is InChI=1S/C19H20N4O3/c1-12(21-15-8-9-17-16(10-15)22-13(2)26-17)18(24)23-19(25)20-11-14-6-4-3-5-7-14/h3-10,12,21H,11H2,1-2H3,(H2,20,23,24,25). The molecule has 0 aliphatic heterocycles. The molecule has 0 fully saturated rings. The molecule has 0 spiro atoms. The van der Waals surface area contributed by atoms with E-state index in [1.54, 1.807) is 32.0 Å². The third kappa shape index (κ3) is 4.38. The molecule has 0 aliphatic rings. The highest BCUT2D eigenvalue weighted by atomic mass is 16.3. The van der Waals surface area contributed by atoms with Crippen molar-refractivity contribution >= 4 is 28.7 Å². The maximum absolute atomic E-state index is 12.2. The molecule has 2 aromatic carbocycles. The van der Waals surface area contributed by atoms with Gasteiger partial charge in [0.25, 0.3) is 0 Å². The number of nitrogens with zero attached hydrogens (tertiary/aromatic N) is 1. The van der Waals surface area contributed by atoms with Crippen LogP contribution in [0.4, 0.5) is 10.5 Å². The highest BCUT2D eigenvalue weighted by Gasteiger charge is 2.16. The fourth-order valence-electron chi connectivity index (χ4n) is 2.49. The van der Waals surface area contributed by atoms with Crippen LogP contribution in [0.1, 0.15) is 18.4 Å². The zero-order valence-corrected chi connectivity index (χ0v) is 14.6. The Bertz CT molecular complexity index is 921. The van der Waals surface area contributed by atoms with Crippen LogP contribution < -0.4 is 16.0 Å². The third-order valence-electron chi connectivity index (χ3n) is 3.80. The van der Waals surface area contributed by atoms with Gasteiger partial charge in [-0.25, -0.2) is 9.78 Å². The van der Waals surface area contributed by atoms with Gasteiger partial charge in [-0.05, 0) is 30.7 Å². The van der Waals surface area contributed by atoms with Gasteiger partial charge in [-0.2, -0.15) is 0 Å². The first-order chi connectivity index (χ1) is 12.5. The second-order valence-corrected chi connectivity index (χ2v) is 5.94. The summed E-state index contributed by atoms with van der Waals surface area (Å²) in [5.74, 6) is 0.157. The molecule has 3 rings (SSSR count). The van der Waals surface area contributed by atoms with E-state index in [1.807, 2.05) is 30.3 Å². The fraction of sp³-hybridized carbons (Fsp3) is 0.211. The SMILES string of the molecule is Cc1nc2cc(NC(C)C(=O)NC(=O)NCc3ccccc3)ccc2o1. The molecule has 1 atom stereocenters. The number of carbonyl (C=O) groups excluding carboxylic acids is 2. The van der Waals surface area contributed by atoms with Gasteiger partial charge in [0.2, 0.25) is 5.91 Å². The molecular weight excluding hydrogens is 332 g/mol. The van der Waals surface area contributed by atoms with Crippen LogP contribution >= 0.6 is 0 Å². The lowest BCUT2D eigenvalue weighted by Gasteiger charge is -2.15. The topological polar surface area (TPSA) is 96.3 Å². The zero-order chi connectivity index (χ0) is 18.5. The largest absolute Gasteiger partial charge is 0.441 e. The van der Waals surface area contributed by atoms with Gasteiger partial charge in [0.15, 0.2) is 11.5 Å². The van der Waals surface area contributed by atoms with Gasteiger partial charge >= 0.3 is 6.03 Å². The number of imide groups is 1. The number of aryl methyl sites for hydroxylation is 1. The summed E-state index contributed by atoms with van der Waals surface area (Å²) in [5.41, 5.74) is 3.07. The van der Waals surface area contributed by atoms with E-state index in [0.717, 1.165) is 11.3 Å². The number of anilines is 1. The van der Waals surface area contributed by atoms with E-state index >= 15 is 0 Å². The first-order valence-corrected chi connectivity index (χ1v) is 8.27. The highest BCUT2D eigenvalue weighted by molar-refractivity contribution is 5.98. The number of oxazole rings is 1. The van der Waals surface area contributed by atoms with Crippen molar-refractivity contribution in [2.45, 2.75) is 26.4 Å². The predicted octanol–water partition coefficient (Wildman–Crippen LogP) is 2.96. The van der Waals surface area contributed by atoms with Crippen LogP contribution in [0.15, 0.2) is 52.9 Å². The van der Waals surface area contributed by atoms with Gasteiger partial charge in [0, 0.05) is 19.2 Å². The zero-order valence-electron chi connectivity index (χ0n) is 14.6. The molecule has 3 amide bonds. The minimum Gasteiger partial charge on any atom is -0.441 e. The molecule has 0 aliphatic carbocycles. The third-order valence-corrected chi connectivity index (χ3v) is 3.80. The lowest BCUT2D eigenvalue weighted by Crippen LogP contribution is -2.45. The average molecular weight is 352 g/mol. The van der Waals surface area contributed by atoms with Crippen molar-refractivity contribution in [2.24, 2.45) is 0 Å². The van der Waals surface area contributed by atoms with Crippen molar-refractivity contribution < 1.29 is 14.0 Å². The molecule has 1 aromatic heterocycles. The van der Waals surface area contributed by atoms with Crippen LogP contribution in [-0.2, 0) is 11.3 Å². The van der Waals surface area contributed by atoms with Gasteiger partial charge in [-0.1, -0.05) is 30.3 Å². The number of hydrogen-bond donors (Lipinski definition) is 3. The summed E-state index contributed by atoms with van der Waals surface area (Å²) in [6.45, 7) is 3.80. The Balaban J connectivity index is 1.52. The Kier molecular flexibility index (Phi) is 5.17. The predicted molar refractivity (Wildman–Crippen MR) is 98.7 cm³/mol. The Morgan fingerprint density at radius 1 is 1.15 bits per heavy atom. The number of rotatable bonds is 5. The second-order valence-electron chi connectivity index (χ2n) is 5.94. The van der Waals surface area contributed by atoms with Crippen molar-refractivity contribution in [1.82, 2.24) is 15.6 Å². The molecule has 26 heavy (non-hydrogen) atoms. The van der Waals surface area contributed by atoms with Crippen LogP contribution in [-0.4, -0.2) is 23.0 Å². The van der Waals surface area contributed by atoms with Crippen LogP contribution in [0.3, 0.4) is 0 Å². The number of hydrogen-bond acceptors (Lipinski definition) is 5. The average Bonchev–Trinajstić information content (AvgIpc) is 3.00. The summed E-state index contributed by atoms with van der Waals surface area (Å²) in [6, 6.07) is 13.7. The van der Waals surface area contributed by atoms with Crippen molar-refractivity contribution in [1.29, 1.82) is 0 Å². The van der Waals surface area contributed by atoms with Crippen molar-refractivity contribution in [3.63, 3.8) is 0 Å². The van der Waals surface area contributed by atoms with Crippen molar-refractivity contribution in [2.75, 3.05) is 5.32 Å². The highest BCUT2D eigenvalue weighted by Crippen LogP contribution is 2.20. The van der Waals surface area contributed by atoms with Crippen LogP contribution in [0.5, 0.6) is 0 Å². The molecule has 134 valence electrons. The number of amides is 3. The normalized spacial score (nSPS) is 11.8. The molecule has 0 radical (unpaired) electrons. The molecule has 3 N–H and O–H groups in total. The van der Waals surface area contributed by atoms with Crippen LogP contribution in [0.25, 0.3) is 11.1 Å². The molecular formula is C19H20N4O3. The van der Waals surface area contributed by atoms with E-state index in [4.69, 9.17) is 4.42 Å². The van der Waals surface area contributed by atoms with Crippen molar-refractivity contribution in [3.05, 3.63) is 60.0 Å². The lowest BCUT2D eigenvalue weighted by molar-refractivity contribution is -0.120. The molecule has 3 aromatic rings. The minimum atomic E-state index is -0.595. The second kappa shape index (κ2) is 7.69. The molecule has 1 unspecified atom stereocenters. The Labute approximate surface area is 150 Å². The molecule has 7 heteroatoms. The summed E-state index contributed by atoms with van der Waals surface area (Å²) in [5, 5.41) is 8.03. The van der Waals surface area contributed by atoms with E-state index in [0.29, 0.717) is 23.5 Å². The van der Waals surface area contributed by atoms with Crippen LogP contribution in [0.2, 0.25) is 0 Å². The van der Waals surface area contributed by atoms with E-state index in [1.165, 1.54) is 0 Å². The fourth-order valence-corrected chi connectivity index (χ4v) is 2.49. The van der Waals surface area contributed by atoms with Gasteiger partial charge in [-0.15, -0.1) is 0 Å². The maximum Gasteiger partial charge on any atom is 0.321 e. The maximum atomic E-state index is 12.2. The Morgan fingerprint density at radius 2 is 1.92 bits per heavy atom. The number of fused-ring (bicyclic) bond motifs is 1. The van der Waals surface area contributed by atoms with Crippen molar-refractivity contribution in [3.8, 4) is 0 Å². The Morgan fingerprint density at radius 3 is 2.69 bits per heavy atom. The van der Waals surface area contributed by atoms with E-state index in [-0.39, 0.29) is 0 Å². The first kappa shape index (κ1) is 17.5. The molecule has 0 saturated heterocycles. The summed E-state index contributed by atoms with van der Waals surface area (Å²) < 4.78 is 5.42. The smallest absolute Gasteiger partial charge is 0.321 e. The van der Waals surface area contributed by atoms with Gasteiger partial charge in [-0.3, -0.25) is 10.1 Å². The summed E-state index contributed by atoms with van der Waals surface area (Å²) >= 11 is 0. The van der Waals surface area contributed by atoms with E-state index < -0.39 is 18.0 Å². The molecule has 7 nitrogen and oxygen atoms in total. The van der Waals surface area contributed by atoms with E-state index in [2.05, 4.69) is 20.9 Å². The summed E-state index contributed by atoms with van der Waals surface area (Å²) in [6.07, 6.45) is 0. The lowest BCUT2D eigenvalue weighted by atomic mass is 10.2. The monoisotopic (exact) mass is 352 g/mol. The van der Waals surface area contributed by atoms with Gasteiger partial charge in [0.1, 0.15) is 11.6 Å². The number of carbonyl (C=O) groups is 2. The number of aromatic nitrogens is 1. The molecule has 0 saturated carbocycles. The molecule has 1 heterocycles. The number of nitrogens with one attached hydrogen (secondary N) is 3. The number of benzene rings is 2. The van der Waals surface area contributed by atoms with Gasteiger partial charge < -0.3 is 15.1 Å². The first-order valence-electron chi connectivity index (χ1n) is 8.27. The number of urea groups is 1. The Hall–Kier alpha value is -3.35. The molecule has 0 bridgehead atoms.